The summed E-state index contributed by atoms with van der Waals surface area (Å²) < 4.78 is 15.4. The molecule has 3 nitrogen and oxygen atoms in total. The number of nitrogens with one attached hydrogen (secondary N) is 1. The molecule has 0 spiro atoms. The van der Waals surface area contributed by atoms with Gasteiger partial charge in [0, 0.05) is 6.04 Å². The third-order valence-corrected chi connectivity index (χ3v) is 4.89. The number of aliphatic hydroxyl groups is 1. The predicted molar refractivity (Wildman–Crippen MR) is 73.7 cm³/mol. The van der Waals surface area contributed by atoms with Crippen molar-refractivity contribution in [1.82, 2.24) is 4.72 Å². The lowest BCUT2D eigenvalue weighted by Gasteiger charge is -2.25. The van der Waals surface area contributed by atoms with Crippen molar-refractivity contribution in [2.24, 2.45) is 0 Å². The smallest absolute Gasteiger partial charge is 0.125 e. The third kappa shape index (κ3) is 3.40. The molecule has 0 aromatic heterocycles. The van der Waals surface area contributed by atoms with Gasteiger partial charge in [-0.3, -0.25) is 0 Å². The number of aliphatic hydroxyl groups excluding tert-OH is 1. The summed E-state index contributed by atoms with van der Waals surface area (Å²) in [7, 11) is -1.14. The molecule has 0 saturated heterocycles. The second kappa shape index (κ2) is 5.95. The molecule has 2 rings (SSSR count). The minimum Gasteiger partial charge on any atom is -0.393 e. The van der Waals surface area contributed by atoms with Crippen LogP contribution in [-0.2, 0) is 11.0 Å². The van der Waals surface area contributed by atoms with Gasteiger partial charge in [-0.1, -0.05) is 6.07 Å². The van der Waals surface area contributed by atoms with E-state index in [0.29, 0.717) is 0 Å². The molecule has 100 valence electrons. The Morgan fingerprint density at radius 2 is 1.83 bits per heavy atom. The van der Waals surface area contributed by atoms with Crippen LogP contribution in [-0.4, -0.2) is 21.5 Å². The van der Waals surface area contributed by atoms with Crippen LogP contribution < -0.4 is 4.72 Å². The van der Waals surface area contributed by atoms with Crippen LogP contribution >= 0.6 is 0 Å². The lowest BCUT2D eigenvalue weighted by atomic mass is 9.94. The Hall–Kier alpha value is -0.710. The van der Waals surface area contributed by atoms with Crippen molar-refractivity contribution in [3.8, 4) is 0 Å². The molecule has 1 aliphatic rings. The Labute approximate surface area is 111 Å². The maximum Gasteiger partial charge on any atom is 0.125 e. The Morgan fingerprint density at radius 1 is 1.17 bits per heavy atom. The zero-order chi connectivity index (χ0) is 13.1. The van der Waals surface area contributed by atoms with Gasteiger partial charge in [0.1, 0.15) is 11.0 Å². The van der Waals surface area contributed by atoms with Crippen LogP contribution in [0.15, 0.2) is 23.1 Å². The van der Waals surface area contributed by atoms with Gasteiger partial charge in [0.25, 0.3) is 0 Å². The summed E-state index contributed by atoms with van der Waals surface area (Å²) in [6, 6.07) is 6.17. The summed E-state index contributed by atoms with van der Waals surface area (Å²) in [5.74, 6) is 0. The van der Waals surface area contributed by atoms with Crippen LogP contribution in [0.2, 0.25) is 0 Å². The molecule has 1 unspecified atom stereocenters. The molecule has 1 aliphatic carbocycles. The van der Waals surface area contributed by atoms with Gasteiger partial charge in [0.2, 0.25) is 0 Å². The average molecular weight is 267 g/mol. The van der Waals surface area contributed by atoms with E-state index < -0.39 is 11.0 Å². The summed E-state index contributed by atoms with van der Waals surface area (Å²) in [6.07, 6.45) is 3.25. The standard InChI is InChI=1S/C14H21NO2S/c1-10-3-8-14(9-11(10)2)18(17)15-12-4-6-13(16)7-5-12/h3,8-9,12-13,15-16H,4-7H2,1-2H3. The van der Waals surface area contributed by atoms with Crippen molar-refractivity contribution in [2.45, 2.75) is 56.6 Å². The second-order valence-corrected chi connectivity index (χ2v) is 6.38. The van der Waals surface area contributed by atoms with E-state index in [-0.39, 0.29) is 12.1 Å². The Kier molecular flexibility index (Phi) is 4.54. The second-order valence-electron chi connectivity index (χ2n) is 5.14. The fourth-order valence-electron chi connectivity index (χ4n) is 2.24. The molecule has 4 heteroatoms. The highest BCUT2D eigenvalue weighted by Gasteiger charge is 2.21. The first-order valence-electron chi connectivity index (χ1n) is 6.49. The number of hydrogen-bond acceptors (Lipinski definition) is 2. The summed E-state index contributed by atoms with van der Waals surface area (Å²) in [4.78, 5) is 0.837. The average Bonchev–Trinajstić information content (AvgIpc) is 2.35. The van der Waals surface area contributed by atoms with E-state index in [9.17, 15) is 9.32 Å². The molecule has 2 N–H and O–H groups in total. The van der Waals surface area contributed by atoms with E-state index in [1.54, 1.807) is 0 Å². The summed E-state index contributed by atoms with van der Waals surface area (Å²) in [5, 5.41) is 9.44. The fourth-order valence-corrected chi connectivity index (χ4v) is 3.39. The Morgan fingerprint density at radius 3 is 2.44 bits per heavy atom. The van der Waals surface area contributed by atoms with Crippen LogP contribution in [0.3, 0.4) is 0 Å². The van der Waals surface area contributed by atoms with Crippen molar-refractivity contribution in [3.05, 3.63) is 29.3 Å². The summed E-state index contributed by atoms with van der Waals surface area (Å²) in [5.41, 5.74) is 2.39. The Bertz CT molecular complexity index is 439. The topological polar surface area (TPSA) is 49.3 Å². The largest absolute Gasteiger partial charge is 0.393 e. The minimum atomic E-state index is -1.14. The number of benzene rings is 1. The number of hydrogen-bond donors (Lipinski definition) is 2. The SMILES string of the molecule is Cc1ccc(S(=O)NC2CCC(O)CC2)cc1C. The molecule has 0 radical (unpaired) electrons. The van der Waals surface area contributed by atoms with Gasteiger partial charge in [-0.15, -0.1) is 0 Å². The van der Waals surface area contributed by atoms with E-state index in [0.717, 1.165) is 30.6 Å². The van der Waals surface area contributed by atoms with Crippen LogP contribution in [0.5, 0.6) is 0 Å². The lowest BCUT2D eigenvalue weighted by molar-refractivity contribution is 0.121. The fraction of sp³-hybridized carbons (Fsp3) is 0.571. The number of aryl methyl sites for hydroxylation is 2. The van der Waals surface area contributed by atoms with Gasteiger partial charge in [-0.25, -0.2) is 8.93 Å². The maximum atomic E-state index is 12.2. The van der Waals surface area contributed by atoms with Crippen molar-refractivity contribution in [3.63, 3.8) is 0 Å². The summed E-state index contributed by atoms with van der Waals surface area (Å²) >= 11 is 0. The van der Waals surface area contributed by atoms with Gasteiger partial charge >= 0.3 is 0 Å². The first kappa shape index (κ1) is 13.7. The minimum absolute atomic E-state index is 0.168. The highest BCUT2D eigenvalue weighted by atomic mass is 32.2. The van der Waals surface area contributed by atoms with E-state index in [1.165, 1.54) is 11.1 Å². The molecular weight excluding hydrogens is 246 g/mol. The maximum absolute atomic E-state index is 12.2. The molecule has 1 saturated carbocycles. The number of rotatable bonds is 3. The molecular formula is C14H21NO2S. The van der Waals surface area contributed by atoms with Gasteiger partial charge in [0.05, 0.1) is 11.0 Å². The van der Waals surface area contributed by atoms with Crippen LogP contribution in [0.25, 0.3) is 0 Å². The zero-order valence-electron chi connectivity index (χ0n) is 11.0. The van der Waals surface area contributed by atoms with E-state index in [1.807, 2.05) is 25.1 Å². The summed E-state index contributed by atoms with van der Waals surface area (Å²) in [6.45, 7) is 4.09. The molecule has 1 aromatic rings. The van der Waals surface area contributed by atoms with E-state index in [4.69, 9.17) is 0 Å². The van der Waals surface area contributed by atoms with Crippen LogP contribution in [0, 0.1) is 13.8 Å². The highest BCUT2D eigenvalue weighted by Crippen LogP contribution is 2.20. The highest BCUT2D eigenvalue weighted by molar-refractivity contribution is 7.83. The lowest BCUT2D eigenvalue weighted by Crippen LogP contribution is -2.35. The van der Waals surface area contributed by atoms with Gasteiger partial charge in [-0.05, 0) is 62.8 Å². The van der Waals surface area contributed by atoms with Gasteiger partial charge < -0.3 is 5.11 Å². The molecule has 0 aliphatic heterocycles. The van der Waals surface area contributed by atoms with Crippen LogP contribution in [0.1, 0.15) is 36.8 Å². The molecule has 0 bridgehead atoms. The monoisotopic (exact) mass is 267 g/mol. The first-order chi connectivity index (χ1) is 8.56. The molecule has 18 heavy (non-hydrogen) atoms. The van der Waals surface area contributed by atoms with E-state index >= 15 is 0 Å². The van der Waals surface area contributed by atoms with Crippen molar-refractivity contribution >= 4 is 11.0 Å². The van der Waals surface area contributed by atoms with Crippen molar-refractivity contribution in [2.75, 3.05) is 0 Å². The molecule has 1 fully saturated rings. The molecule has 1 aromatic carbocycles. The van der Waals surface area contributed by atoms with E-state index in [2.05, 4.69) is 11.6 Å². The van der Waals surface area contributed by atoms with Crippen molar-refractivity contribution in [1.29, 1.82) is 0 Å². The predicted octanol–water partition coefficient (Wildman–Crippen LogP) is 2.22. The molecule has 0 amide bonds. The molecule has 1 atom stereocenters. The normalized spacial score (nSPS) is 25.9. The van der Waals surface area contributed by atoms with Crippen molar-refractivity contribution < 1.29 is 9.32 Å². The quantitative estimate of drug-likeness (QED) is 0.882. The molecule has 0 heterocycles. The Balaban J connectivity index is 1.97. The third-order valence-electron chi connectivity index (χ3n) is 3.66. The first-order valence-corrected chi connectivity index (χ1v) is 7.64. The zero-order valence-corrected chi connectivity index (χ0v) is 11.8. The van der Waals surface area contributed by atoms with Crippen LogP contribution in [0.4, 0.5) is 0 Å². The van der Waals surface area contributed by atoms with Gasteiger partial charge in [-0.2, -0.15) is 0 Å². The van der Waals surface area contributed by atoms with Gasteiger partial charge in [0.15, 0.2) is 0 Å².